The molecule has 0 radical (unpaired) electrons. The van der Waals surface area contributed by atoms with Crippen LogP contribution in [0.15, 0.2) is 53.9 Å². The Kier molecular flexibility index (Phi) is 6.54. The highest BCUT2D eigenvalue weighted by Gasteiger charge is 2.22. The Morgan fingerprint density at radius 3 is 2.54 bits per heavy atom. The molecule has 0 bridgehead atoms. The van der Waals surface area contributed by atoms with Crippen LogP contribution in [0, 0.1) is 12.7 Å². The van der Waals surface area contributed by atoms with Gasteiger partial charge in [-0.05, 0) is 42.8 Å². The van der Waals surface area contributed by atoms with E-state index in [2.05, 4.69) is 19.1 Å². The van der Waals surface area contributed by atoms with Gasteiger partial charge in [0.15, 0.2) is 5.13 Å². The van der Waals surface area contributed by atoms with Crippen LogP contribution in [-0.2, 0) is 0 Å². The molecule has 3 aromatic rings. The van der Waals surface area contributed by atoms with Gasteiger partial charge in [0, 0.05) is 29.5 Å². The molecular weight excluding hydrogens is 373 g/mol. The number of amides is 1. The number of aryl methyl sites for hydroxylation is 1. The van der Waals surface area contributed by atoms with Gasteiger partial charge in [-0.3, -0.25) is 9.69 Å². The van der Waals surface area contributed by atoms with Crippen LogP contribution in [0.25, 0.3) is 11.3 Å². The molecule has 4 nitrogen and oxygen atoms in total. The summed E-state index contributed by atoms with van der Waals surface area (Å²) in [4.78, 5) is 21.1. The van der Waals surface area contributed by atoms with Crippen molar-refractivity contribution >= 4 is 22.4 Å². The molecule has 3 rings (SSSR count). The third-order valence-electron chi connectivity index (χ3n) is 4.54. The number of thiazole rings is 1. The maximum atomic E-state index is 13.3. The van der Waals surface area contributed by atoms with Crippen LogP contribution in [0.3, 0.4) is 0 Å². The van der Waals surface area contributed by atoms with Crippen LogP contribution >= 0.6 is 11.3 Å². The number of hydrogen-bond donors (Lipinski definition) is 1. The first-order chi connectivity index (χ1) is 13.5. The van der Waals surface area contributed by atoms with E-state index in [4.69, 9.17) is 0 Å². The molecule has 1 heterocycles. The second kappa shape index (κ2) is 9.08. The van der Waals surface area contributed by atoms with E-state index in [-0.39, 0.29) is 11.7 Å². The molecule has 1 N–H and O–H groups in total. The minimum atomic E-state index is -0.276. The summed E-state index contributed by atoms with van der Waals surface area (Å²) in [6.45, 7) is 3.52. The van der Waals surface area contributed by atoms with Crippen molar-refractivity contribution < 1.29 is 14.1 Å². The summed E-state index contributed by atoms with van der Waals surface area (Å²) < 4.78 is 13.2. The number of hydrogen-bond acceptors (Lipinski definition) is 3. The van der Waals surface area contributed by atoms with E-state index in [1.807, 2.05) is 36.6 Å². The average Bonchev–Trinajstić information content (AvgIpc) is 3.15. The summed E-state index contributed by atoms with van der Waals surface area (Å²) in [5, 5.41) is 2.58. The second-order valence-corrected chi connectivity index (χ2v) is 7.94. The number of anilines is 1. The van der Waals surface area contributed by atoms with E-state index in [1.54, 1.807) is 17.0 Å². The maximum absolute atomic E-state index is 13.3. The third kappa shape index (κ3) is 4.82. The molecule has 0 saturated heterocycles. The van der Waals surface area contributed by atoms with Crippen LogP contribution < -0.4 is 9.80 Å². The number of halogens is 1. The normalized spacial score (nSPS) is 11.0. The van der Waals surface area contributed by atoms with Gasteiger partial charge in [0.1, 0.15) is 5.82 Å². The first-order valence-electron chi connectivity index (χ1n) is 9.33. The predicted molar refractivity (Wildman–Crippen MR) is 113 cm³/mol. The Morgan fingerprint density at radius 2 is 1.86 bits per heavy atom. The van der Waals surface area contributed by atoms with Gasteiger partial charge in [-0.15, -0.1) is 11.3 Å². The highest BCUT2D eigenvalue weighted by molar-refractivity contribution is 7.14. The lowest BCUT2D eigenvalue weighted by Crippen LogP contribution is -3.05. The Hall–Kier alpha value is -2.57. The topological polar surface area (TPSA) is 37.6 Å². The second-order valence-electron chi connectivity index (χ2n) is 7.10. The fourth-order valence-electron chi connectivity index (χ4n) is 2.97. The van der Waals surface area contributed by atoms with Crippen molar-refractivity contribution in [2.75, 3.05) is 32.1 Å². The van der Waals surface area contributed by atoms with Gasteiger partial charge in [-0.1, -0.05) is 18.2 Å². The van der Waals surface area contributed by atoms with Gasteiger partial charge in [-0.2, -0.15) is 0 Å². The van der Waals surface area contributed by atoms with Gasteiger partial charge in [-0.25, -0.2) is 9.37 Å². The highest BCUT2D eigenvalue weighted by atomic mass is 32.1. The lowest BCUT2D eigenvalue weighted by molar-refractivity contribution is -0.858. The van der Waals surface area contributed by atoms with Gasteiger partial charge in [0.2, 0.25) is 0 Å². The number of aromatic nitrogens is 1. The molecule has 6 heteroatoms. The predicted octanol–water partition coefficient (Wildman–Crippen LogP) is 3.44. The fourth-order valence-corrected chi connectivity index (χ4v) is 3.83. The first-order valence-corrected chi connectivity index (χ1v) is 10.2. The molecule has 0 spiro atoms. The molecule has 0 aliphatic rings. The van der Waals surface area contributed by atoms with Crippen molar-refractivity contribution in [3.05, 3.63) is 70.9 Å². The van der Waals surface area contributed by atoms with E-state index in [0.717, 1.165) is 29.8 Å². The van der Waals surface area contributed by atoms with Crippen LogP contribution in [0.5, 0.6) is 0 Å². The van der Waals surface area contributed by atoms with Crippen molar-refractivity contribution in [3.63, 3.8) is 0 Å². The molecule has 0 unspecified atom stereocenters. The average molecular weight is 399 g/mol. The summed E-state index contributed by atoms with van der Waals surface area (Å²) >= 11 is 1.44. The zero-order valence-electron chi connectivity index (χ0n) is 16.4. The number of nitrogens with zero attached hydrogens (tertiary/aromatic N) is 2. The monoisotopic (exact) mass is 398 g/mol. The zero-order chi connectivity index (χ0) is 20.1. The number of nitrogens with one attached hydrogen (secondary N) is 1. The molecule has 0 saturated carbocycles. The molecule has 1 amide bonds. The van der Waals surface area contributed by atoms with Crippen molar-refractivity contribution in [2.24, 2.45) is 0 Å². The van der Waals surface area contributed by atoms with Gasteiger partial charge in [0.25, 0.3) is 5.91 Å². The van der Waals surface area contributed by atoms with Crippen molar-refractivity contribution in [3.8, 4) is 11.3 Å². The lowest BCUT2D eigenvalue weighted by Gasteiger charge is -2.21. The van der Waals surface area contributed by atoms with Gasteiger partial charge in [0.05, 0.1) is 26.3 Å². The van der Waals surface area contributed by atoms with Crippen LogP contribution in [0.4, 0.5) is 9.52 Å². The number of carbonyl (C=O) groups is 1. The molecule has 0 aliphatic heterocycles. The summed E-state index contributed by atoms with van der Waals surface area (Å²) in [7, 11) is 4.20. The molecule has 28 heavy (non-hydrogen) atoms. The van der Waals surface area contributed by atoms with Gasteiger partial charge < -0.3 is 4.90 Å². The van der Waals surface area contributed by atoms with Crippen molar-refractivity contribution in [1.29, 1.82) is 0 Å². The summed E-state index contributed by atoms with van der Waals surface area (Å²) in [5.41, 5.74) is 3.23. The van der Waals surface area contributed by atoms with Crippen molar-refractivity contribution in [2.45, 2.75) is 13.3 Å². The smallest absolute Gasteiger partial charge is 0.260 e. The Morgan fingerprint density at radius 1 is 1.14 bits per heavy atom. The standard InChI is InChI=1S/C22H24FN3OS/c1-16-7-4-5-8-19(16)21(27)26(14-6-13-25(2)3)22-24-20(15-28-22)17-9-11-18(23)12-10-17/h4-5,7-12,15H,6,13-14H2,1-3H3/p+1. The molecule has 0 aliphatic carbocycles. The van der Waals surface area contributed by atoms with E-state index >= 15 is 0 Å². The first kappa shape index (κ1) is 20.2. The summed E-state index contributed by atoms with van der Waals surface area (Å²) in [6, 6.07) is 13.9. The summed E-state index contributed by atoms with van der Waals surface area (Å²) in [6.07, 6.45) is 0.880. The minimum absolute atomic E-state index is 0.0353. The van der Waals surface area contributed by atoms with Crippen LogP contribution in [-0.4, -0.2) is 38.1 Å². The summed E-state index contributed by atoms with van der Waals surface area (Å²) in [5.74, 6) is -0.311. The molecular formula is C22H25FN3OS+. The molecule has 1 aromatic heterocycles. The van der Waals surface area contributed by atoms with Gasteiger partial charge >= 0.3 is 0 Å². The quantitative estimate of drug-likeness (QED) is 0.662. The molecule has 0 fully saturated rings. The molecule has 0 atom stereocenters. The molecule has 2 aromatic carbocycles. The number of rotatable bonds is 7. The number of benzene rings is 2. The fraction of sp³-hybridized carbons (Fsp3) is 0.273. The third-order valence-corrected chi connectivity index (χ3v) is 5.41. The van der Waals surface area contributed by atoms with Crippen LogP contribution in [0.1, 0.15) is 22.3 Å². The van der Waals surface area contributed by atoms with Crippen LogP contribution in [0.2, 0.25) is 0 Å². The minimum Gasteiger partial charge on any atom is -0.340 e. The van der Waals surface area contributed by atoms with E-state index in [0.29, 0.717) is 17.2 Å². The van der Waals surface area contributed by atoms with E-state index in [9.17, 15) is 9.18 Å². The van der Waals surface area contributed by atoms with Crippen molar-refractivity contribution in [1.82, 2.24) is 4.98 Å². The SMILES string of the molecule is Cc1ccccc1C(=O)N(CCC[NH+](C)C)c1nc(-c2ccc(F)cc2)cs1. The zero-order valence-corrected chi connectivity index (χ0v) is 17.2. The van der Waals surface area contributed by atoms with E-state index in [1.165, 1.54) is 28.4 Å². The van der Waals surface area contributed by atoms with E-state index < -0.39 is 0 Å². The number of carbonyl (C=O) groups excluding carboxylic acids is 1. The maximum Gasteiger partial charge on any atom is 0.260 e. The molecule has 146 valence electrons. The Bertz CT molecular complexity index is 937. The Labute approximate surface area is 169 Å². The number of quaternary nitrogens is 1. The largest absolute Gasteiger partial charge is 0.340 e. The Balaban J connectivity index is 1.89. The highest BCUT2D eigenvalue weighted by Crippen LogP contribution is 2.29. The lowest BCUT2D eigenvalue weighted by atomic mass is 10.1.